The van der Waals surface area contributed by atoms with Crippen molar-refractivity contribution in [3.05, 3.63) is 64.8 Å². The van der Waals surface area contributed by atoms with Gasteiger partial charge in [0.15, 0.2) is 0 Å². The van der Waals surface area contributed by atoms with Crippen LogP contribution < -0.4 is 5.32 Å². The Morgan fingerprint density at radius 2 is 1.71 bits per heavy atom. The lowest BCUT2D eigenvalue weighted by Gasteiger charge is -2.35. The van der Waals surface area contributed by atoms with Gasteiger partial charge in [-0.1, -0.05) is 31.2 Å². The van der Waals surface area contributed by atoms with E-state index in [1.54, 1.807) is 18.3 Å². The number of thiazole rings is 1. The Morgan fingerprint density at radius 1 is 1.03 bits per heavy atom. The molecule has 1 saturated heterocycles. The number of piperazine rings is 1. The first-order valence-electron chi connectivity index (χ1n) is 12.3. The van der Waals surface area contributed by atoms with E-state index in [0.29, 0.717) is 5.56 Å². The van der Waals surface area contributed by atoms with Gasteiger partial charge in [-0.2, -0.15) is 0 Å². The van der Waals surface area contributed by atoms with Crippen molar-refractivity contribution < 1.29 is 9.59 Å². The molecule has 0 spiro atoms. The Labute approximate surface area is 212 Å². The Balaban J connectivity index is 1.53. The van der Waals surface area contributed by atoms with Gasteiger partial charge in [0.2, 0.25) is 5.91 Å². The van der Waals surface area contributed by atoms with Gasteiger partial charge in [-0.3, -0.25) is 14.5 Å². The molecule has 0 aliphatic carbocycles. The maximum Gasteiger partial charge on any atom is 0.251 e. The SMILES string of the molecule is CCc1ccc(-c2cc(C(=O)N[C@H](C)CN3CCN(C(C)=O)CC3)cc(-c3scnc3C)c2)cc1. The summed E-state index contributed by atoms with van der Waals surface area (Å²) < 4.78 is 0. The summed E-state index contributed by atoms with van der Waals surface area (Å²) in [4.78, 5) is 34.6. The molecular formula is C28H34N4O2S. The van der Waals surface area contributed by atoms with Crippen molar-refractivity contribution in [2.75, 3.05) is 32.7 Å². The van der Waals surface area contributed by atoms with E-state index in [4.69, 9.17) is 0 Å². The molecule has 1 aliphatic rings. The Kier molecular flexibility index (Phi) is 7.98. The first-order valence-corrected chi connectivity index (χ1v) is 13.2. The van der Waals surface area contributed by atoms with Crippen LogP contribution in [0.3, 0.4) is 0 Å². The number of hydrogen-bond donors (Lipinski definition) is 1. The molecule has 7 heteroatoms. The summed E-state index contributed by atoms with van der Waals surface area (Å²) in [6, 6.07) is 14.6. The minimum atomic E-state index is -0.0738. The molecule has 2 heterocycles. The molecule has 0 unspecified atom stereocenters. The Hall–Kier alpha value is -3.03. The van der Waals surface area contributed by atoms with Crippen molar-refractivity contribution in [1.29, 1.82) is 0 Å². The van der Waals surface area contributed by atoms with Crippen molar-refractivity contribution >= 4 is 23.2 Å². The molecule has 35 heavy (non-hydrogen) atoms. The second kappa shape index (κ2) is 11.1. The van der Waals surface area contributed by atoms with E-state index >= 15 is 0 Å². The van der Waals surface area contributed by atoms with Gasteiger partial charge in [-0.05, 0) is 60.7 Å². The zero-order chi connectivity index (χ0) is 24.9. The van der Waals surface area contributed by atoms with Gasteiger partial charge in [-0.15, -0.1) is 11.3 Å². The van der Waals surface area contributed by atoms with Crippen LogP contribution in [0.5, 0.6) is 0 Å². The fraction of sp³-hybridized carbons (Fsp3) is 0.393. The molecule has 0 radical (unpaired) electrons. The molecule has 0 bridgehead atoms. The zero-order valence-corrected chi connectivity index (χ0v) is 21.8. The molecule has 2 aromatic carbocycles. The van der Waals surface area contributed by atoms with Crippen LogP contribution in [0.1, 0.15) is 42.4 Å². The summed E-state index contributed by atoms with van der Waals surface area (Å²) in [6.45, 7) is 11.7. The van der Waals surface area contributed by atoms with Gasteiger partial charge >= 0.3 is 0 Å². The smallest absolute Gasteiger partial charge is 0.251 e. The van der Waals surface area contributed by atoms with E-state index in [1.807, 2.05) is 36.4 Å². The first kappa shape index (κ1) is 25.1. The average Bonchev–Trinajstić information content (AvgIpc) is 3.30. The molecule has 1 aromatic heterocycles. The number of benzene rings is 2. The molecule has 1 N–H and O–H groups in total. The minimum Gasteiger partial charge on any atom is -0.348 e. The number of amides is 2. The standard InChI is InChI=1S/C28H34N4O2S/c1-5-22-6-8-23(9-7-22)24-14-25(27-20(3)29-18-35-27)16-26(15-24)28(34)30-19(2)17-31-10-12-32(13-11-31)21(4)33/h6-9,14-16,18-19H,5,10-13,17H2,1-4H3,(H,30,34)/t19-/m1/s1. The van der Waals surface area contributed by atoms with Gasteiger partial charge in [-0.25, -0.2) is 4.98 Å². The number of nitrogens with zero attached hydrogens (tertiary/aromatic N) is 3. The molecule has 2 amide bonds. The highest BCUT2D eigenvalue weighted by atomic mass is 32.1. The van der Waals surface area contributed by atoms with Crippen LogP contribution in [0.2, 0.25) is 0 Å². The fourth-order valence-corrected chi connectivity index (χ4v) is 5.35. The van der Waals surface area contributed by atoms with E-state index in [0.717, 1.165) is 66.4 Å². The summed E-state index contributed by atoms with van der Waals surface area (Å²) in [5.41, 5.74) is 7.89. The lowest BCUT2D eigenvalue weighted by molar-refractivity contribution is -0.130. The predicted octanol–water partition coefficient (Wildman–Crippen LogP) is 4.63. The molecule has 184 valence electrons. The average molecular weight is 491 g/mol. The minimum absolute atomic E-state index is 0.00698. The zero-order valence-electron chi connectivity index (χ0n) is 21.0. The van der Waals surface area contributed by atoms with Crippen LogP contribution >= 0.6 is 11.3 Å². The Morgan fingerprint density at radius 3 is 2.31 bits per heavy atom. The Bertz CT molecular complexity index is 1180. The molecule has 3 aromatic rings. The van der Waals surface area contributed by atoms with Crippen LogP contribution in [0.25, 0.3) is 21.6 Å². The third kappa shape index (κ3) is 6.16. The van der Waals surface area contributed by atoms with Gasteiger partial charge in [0.05, 0.1) is 16.1 Å². The fourth-order valence-electron chi connectivity index (χ4n) is 4.55. The first-order chi connectivity index (χ1) is 16.8. The highest BCUT2D eigenvalue weighted by Crippen LogP contribution is 2.32. The van der Waals surface area contributed by atoms with E-state index in [-0.39, 0.29) is 17.9 Å². The van der Waals surface area contributed by atoms with Gasteiger partial charge < -0.3 is 10.2 Å². The van der Waals surface area contributed by atoms with Crippen molar-refractivity contribution in [2.45, 2.75) is 40.2 Å². The van der Waals surface area contributed by atoms with Crippen LogP contribution in [-0.4, -0.2) is 65.4 Å². The third-order valence-electron chi connectivity index (χ3n) is 6.63. The molecule has 1 aliphatic heterocycles. The summed E-state index contributed by atoms with van der Waals surface area (Å²) in [5, 5.41) is 3.19. The maximum absolute atomic E-state index is 13.3. The van der Waals surface area contributed by atoms with E-state index in [2.05, 4.69) is 52.5 Å². The third-order valence-corrected chi connectivity index (χ3v) is 7.60. The topological polar surface area (TPSA) is 65.5 Å². The number of rotatable bonds is 7. The summed E-state index contributed by atoms with van der Waals surface area (Å²) >= 11 is 1.59. The number of carbonyl (C=O) groups is 2. The number of aromatic nitrogens is 1. The van der Waals surface area contributed by atoms with E-state index in [1.165, 1.54) is 5.56 Å². The van der Waals surface area contributed by atoms with Crippen LogP contribution in [0, 0.1) is 6.92 Å². The van der Waals surface area contributed by atoms with Gasteiger partial charge in [0, 0.05) is 51.3 Å². The quantitative estimate of drug-likeness (QED) is 0.524. The predicted molar refractivity (Wildman–Crippen MR) is 143 cm³/mol. The lowest BCUT2D eigenvalue weighted by Crippen LogP contribution is -2.51. The summed E-state index contributed by atoms with van der Waals surface area (Å²) in [6.07, 6.45) is 0.996. The lowest BCUT2D eigenvalue weighted by atomic mass is 9.97. The van der Waals surface area contributed by atoms with Crippen molar-refractivity contribution in [3.8, 4) is 21.6 Å². The highest BCUT2D eigenvalue weighted by molar-refractivity contribution is 7.13. The second-order valence-electron chi connectivity index (χ2n) is 9.30. The van der Waals surface area contributed by atoms with E-state index < -0.39 is 0 Å². The van der Waals surface area contributed by atoms with E-state index in [9.17, 15) is 9.59 Å². The summed E-state index contributed by atoms with van der Waals surface area (Å²) in [5.74, 6) is 0.0533. The van der Waals surface area contributed by atoms with Gasteiger partial charge in [0.25, 0.3) is 5.91 Å². The molecule has 1 atom stereocenters. The molecule has 1 fully saturated rings. The van der Waals surface area contributed by atoms with Crippen molar-refractivity contribution in [2.24, 2.45) is 0 Å². The maximum atomic E-state index is 13.3. The van der Waals surface area contributed by atoms with Crippen molar-refractivity contribution in [3.63, 3.8) is 0 Å². The van der Waals surface area contributed by atoms with Gasteiger partial charge in [0.1, 0.15) is 0 Å². The number of nitrogens with one attached hydrogen (secondary N) is 1. The number of hydrogen-bond acceptors (Lipinski definition) is 5. The largest absolute Gasteiger partial charge is 0.348 e. The second-order valence-corrected chi connectivity index (χ2v) is 10.2. The molecule has 4 rings (SSSR count). The number of aryl methyl sites for hydroxylation is 2. The molecular weight excluding hydrogens is 456 g/mol. The monoisotopic (exact) mass is 490 g/mol. The molecule has 6 nitrogen and oxygen atoms in total. The number of carbonyl (C=O) groups excluding carboxylic acids is 2. The van der Waals surface area contributed by atoms with Crippen molar-refractivity contribution in [1.82, 2.24) is 20.1 Å². The van der Waals surface area contributed by atoms with Crippen LogP contribution in [-0.2, 0) is 11.2 Å². The highest BCUT2D eigenvalue weighted by Gasteiger charge is 2.21. The molecule has 0 saturated carbocycles. The van der Waals surface area contributed by atoms with Crippen LogP contribution in [0.4, 0.5) is 0 Å². The van der Waals surface area contributed by atoms with Crippen LogP contribution in [0.15, 0.2) is 48.0 Å². The summed E-state index contributed by atoms with van der Waals surface area (Å²) in [7, 11) is 0. The normalized spacial score (nSPS) is 15.1.